The van der Waals surface area contributed by atoms with Gasteiger partial charge in [0.1, 0.15) is 5.56 Å². The number of carbonyl (C=O) groups is 1. The van der Waals surface area contributed by atoms with Crippen molar-refractivity contribution in [3.8, 4) is 5.88 Å². The molecule has 1 aromatic carbocycles. The first-order valence-electron chi connectivity index (χ1n) is 5.37. The van der Waals surface area contributed by atoms with Gasteiger partial charge >= 0.3 is 0 Å². The number of rotatable bonds is 3. The molecule has 6 heteroatoms. The molecule has 0 saturated carbocycles. The number of nitrogens with one attached hydrogen (secondary N) is 1. The Morgan fingerprint density at radius 2 is 2.05 bits per heavy atom. The second kappa shape index (κ2) is 5.91. The number of carbonyl (C=O) groups excluding carboxylic acids is 1. The molecule has 0 aliphatic rings. The molecule has 98 valence electrons. The molecule has 0 fully saturated rings. The van der Waals surface area contributed by atoms with E-state index in [1.807, 2.05) is 0 Å². The van der Waals surface area contributed by atoms with Crippen LogP contribution in [0.5, 0.6) is 5.88 Å². The maximum absolute atomic E-state index is 12.1. The standard InChI is InChI=1S/C13H10Cl2N2O2/c1-19-13-9(3-2-6-16-13)12(18)17-8-4-5-10(14)11(15)7-8/h2-7H,1H3,(H,17,18). The van der Waals surface area contributed by atoms with Gasteiger partial charge in [-0.15, -0.1) is 0 Å². The molecular weight excluding hydrogens is 287 g/mol. The minimum atomic E-state index is -0.330. The molecule has 0 spiro atoms. The lowest BCUT2D eigenvalue weighted by Crippen LogP contribution is -2.13. The number of halogens is 2. The van der Waals surface area contributed by atoms with Gasteiger partial charge in [-0.05, 0) is 30.3 Å². The zero-order valence-corrected chi connectivity index (χ0v) is 11.5. The third-order valence-corrected chi connectivity index (χ3v) is 3.13. The first-order valence-corrected chi connectivity index (χ1v) is 6.13. The van der Waals surface area contributed by atoms with Crippen molar-refractivity contribution in [2.75, 3.05) is 12.4 Å². The first kappa shape index (κ1) is 13.6. The largest absolute Gasteiger partial charge is 0.480 e. The third-order valence-electron chi connectivity index (χ3n) is 2.39. The summed E-state index contributed by atoms with van der Waals surface area (Å²) >= 11 is 11.7. The molecule has 1 N–H and O–H groups in total. The number of hydrogen-bond acceptors (Lipinski definition) is 3. The Balaban J connectivity index is 2.23. The van der Waals surface area contributed by atoms with Crippen molar-refractivity contribution in [2.24, 2.45) is 0 Å². The number of benzene rings is 1. The normalized spacial score (nSPS) is 10.1. The highest BCUT2D eigenvalue weighted by molar-refractivity contribution is 6.42. The Morgan fingerprint density at radius 3 is 2.74 bits per heavy atom. The zero-order chi connectivity index (χ0) is 13.8. The van der Waals surface area contributed by atoms with E-state index in [2.05, 4.69) is 10.3 Å². The first-order chi connectivity index (χ1) is 9.11. The van der Waals surface area contributed by atoms with E-state index in [0.717, 1.165) is 0 Å². The molecule has 0 saturated heterocycles. The van der Waals surface area contributed by atoms with Crippen LogP contribution < -0.4 is 10.1 Å². The van der Waals surface area contributed by atoms with Gasteiger partial charge in [-0.1, -0.05) is 23.2 Å². The second-order valence-corrected chi connectivity index (χ2v) is 4.46. The van der Waals surface area contributed by atoms with Gasteiger partial charge in [-0.3, -0.25) is 4.79 Å². The molecule has 2 aromatic rings. The summed E-state index contributed by atoms with van der Waals surface area (Å²) in [5.41, 5.74) is 0.890. The zero-order valence-electron chi connectivity index (χ0n) is 9.98. The Hall–Kier alpha value is -1.78. The molecule has 0 bridgehead atoms. The molecular formula is C13H10Cl2N2O2. The highest BCUT2D eigenvalue weighted by Gasteiger charge is 2.13. The number of aromatic nitrogens is 1. The van der Waals surface area contributed by atoms with Gasteiger partial charge in [0.2, 0.25) is 5.88 Å². The summed E-state index contributed by atoms with van der Waals surface area (Å²) in [6.45, 7) is 0. The fraction of sp³-hybridized carbons (Fsp3) is 0.0769. The van der Waals surface area contributed by atoms with Crippen LogP contribution >= 0.6 is 23.2 Å². The smallest absolute Gasteiger partial charge is 0.261 e. The van der Waals surface area contributed by atoms with Gasteiger partial charge in [0, 0.05) is 11.9 Å². The second-order valence-electron chi connectivity index (χ2n) is 3.64. The Kier molecular flexibility index (Phi) is 4.24. The van der Waals surface area contributed by atoms with Gasteiger partial charge in [-0.25, -0.2) is 4.98 Å². The lowest BCUT2D eigenvalue weighted by Gasteiger charge is -2.08. The SMILES string of the molecule is COc1ncccc1C(=O)Nc1ccc(Cl)c(Cl)c1. The summed E-state index contributed by atoms with van der Waals surface area (Å²) in [5, 5.41) is 3.50. The van der Waals surface area contributed by atoms with Gasteiger partial charge in [-0.2, -0.15) is 0 Å². The summed E-state index contributed by atoms with van der Waals surface area (Å²) in [6.07, 6.45) is 1.55. The van der Waals surface area contributed by atoms with Crippen LogP contribution in [0.4, 0.5) is 5.69 Å². The fourth-order valence-electron chi connectivity index (χ4n) is 1.50. The molecule has 2 rings (SSSR count). The average Bonchev–Trinajstić information content (AvgIpc) is 2.43. The van der Waals surface area contributed by atoms with Crippen molar-refractivity contribution in [1.29, 1.82) is 0 Å². The van der Waals surface area contributed by atoms with E-state index in [1.165, 1.54) is 7.11 Å². The van der Waals surface area contributed by atoms with Crippen molar-refractivity contribution in [3.05, 3.63) is 52.1 Å². The maximum Gasteiger partial charge on any atom is 0.261 e. The molecule has 0 aliphatic heterocycles. The Bertz CT molecular complexity index is 617. The van der Waals surface area contributed by atoms with Crippen LogP contribution in [-0.4, -0.2) is 18.0 Å². The number of anilines is 1. The number of amides is 1. The lowest BCUT2D eigenvalue weighted by molar-refractivity contribution is 0.102. The van der Waals surface area contributed by atoms with Crippen LogP contribution in [-0.2, 0) is 0 Å². The van der Waals surface area contributed by atoms with E-state index < -0.39 is 0 Å². The minimum absolute atomic E-state index is 0.264. The number of methoxy groups -OCH3 is 1. The summed E-state index contributed by atoms with van der Waals surface area (Å²) in [5.74, 6) is -0.0663. The topological polar surface area (TPSA) is 51.2 Å². The lowest BCUT2D eigenvalue weighted by atomic mass is 10.2. The molecule has 0 atom stereocenters. The molecule has 0 aliphatic carbocycles. The van der Waals surface area contributed by atoms with Gasteiger partial charge in [0.15, 0.2) is 0 Å². The molecule has 1 aromatic heterocycles. The van der Waals surface area contributed by atoms with Crippen LogP contribution in [0.25, 0.3) is 0 Å². The Labute approximate surface area is 120 Å². The highest BCUT2D eigenvalue weighted by atomic mass is 35.5. The fourth-order valence-corrected chi connectivity index (χ4v) is 1.80. The van der Waals surface area contributed by atoms with E-state index >= 15 is 0 Å². The number of ether oxygens (including phenoxy) is 1. The number of pyridine rings is 1. The minimum Gasteiger partial charge on any atom is -0.480 e. The highest BCUT2D eigenvalue weighted by Crippen LogP contribution is 2.25. The quantitative estimate of drug-likeness (QED) is 0.940. The third kappa shape index (κ3) is 3.16. The van der Waals surface area contributed by atoms with Crippen LogP contribution in [0.2, 0.25) is 10.0 Å². The maximum atomic E-state index is 12.1. The number of hydrogen-bond donors (Lipinski definition) is 1. The number of nitrogens with zero attached hydrogens (tertiary/aromatic N) is 1. The summed E-state index contributed by atoms with van der Waals surface area (Å²) in [6, 6.07) is 8.13. The molecule has 0 unspecified atom stereocenters. The molecule has 0 radical (unpaired) electrons. The van der Waals surface area contributed by atoms with Crippen molar-refractivity contribution in [1.82, 2.24) is 4.98 Å². The van der Waals surface area contributed by atoms with E-state index in [-0.39, 0.29) is 11.8 Å². The van der Waals surface area contributed by atoms with Crippen molar-refractivity contribution in [2.45, 2.75) is 0 Å². The molecule has 1 amide bonds. The molecule has 4 nitrogen and oxygen atoms in total. The van der Waals surface area contributed by atoms with Gasteiger partial charge < -0.3 is 10.1 Å². The average molecular weight is 297 g/mol. The Morgan fingerprint density at radius 1 is 1.26 bits per heavy atom. The molecule has 19 heavy (non-hydrogen) atoms. The van der Waals surface area contributed by atoms with Crippen LogP contribution in [0, 0.1) is 0 Å². The van der Waals surface area contributed by atoms with Crippen molar-refractivity contribution < 1.29 is 9.53 Å². The predicted octanol–water partition coefficient (Wildman–Crippen LogP) is 3.65. The van der Waals surface area contributed by atoms with Crippen LogP contribution in [0.15, 0.2) is 36.5 Å². The van der Waals surface area contributed by atoms with Crippen molar-refractivity contribution in [3.63, 3.8) is 0 Å². The summed E-state index contributed by atoms with van der Waals surface area (Å²) in [4.78, 5) is 16.0. The van der Waals surface area contributed by atoms with E-state index in [0.29, 0.717) is 21.3 Å². The van der Waals surface area contributed by atoms with Gasteiger partial charge in [0.05, 0.1) is 17.2 Å². The monoisotopic (exact) mass is 296 g/mol. The van der Waals surface area contributed by atoms with E-state index in [1.54, 1.807) is 36.5 Å². The molecule has 1 heterocycles. The summed E-state index contributed by atoms with van der Waals surface area (Å²) < 4.78 is 5.03. The predicted molar refractivity (Wildman–Crippen MR) is 75.2 cm³/mol. The summed E-state index contributed by atoms with van der Waals surface area (Å²) in [7, 11) is 1.46. The van der Waals surface area contributed by atoms with E-state index in [9.17, 15) is 4.79 Å². The van der Waals surface area contributed by atoms with Crippen LogP contribution in [0.1, 0.15) is 10.4 Å². The van der Waals surface area contributed by atoms with Crippen LogP contribution in [0.3, 0.4) is 0 Å². The van der Waals surface area contributed by atoms with E-state index in [4.69, 9.17) is 27.9 Å². The van der Waals surface area contributed by atoms with Gasteiger partial charge in [0.25, 0.3) is 5.91 Å². The van der Waals surface area contributed by atoms with Crippen molar-refractivity contribution >= 4 is 34.8 Å².